The maximum atomic E-state index is 13.1. The summed E-state index contributed by atoms with van der Waals surface area (Å²) < 4.78 is 44.9. The van der Waals surface area contributed by atoms with Crippen LogP contribution in [0.3, 0.4) is 0 Å². The van der Waals surface area contributed by atoms with Gasteiger partial charge in [-0.15, -0.1) is 0 Å². The second kappa shape index (κ2) is 5.79. The zero-order valence-corrected chi connectivity index (χ0v) is 12.5. The molecule has 0 amide bonds. The predicted octanol–water partition coefficient (Wildman–Crippen LogP) is 2.87. The molecule has 0 spiro atoms. The molecule has 3 N–H and O–H groups in total. The first-order valence-corrected chi connectivity index (χ1v) is 7.61. The maximum Gasteiger partial charge on any atom is 0.262 e. The van der Waals surface area contributed by atoms with Gasteiger partial charge < -0.3 is 10.5 Å². The summed E-state index contributed by atoms with van der Waals surface area (Å²) in [6, 6.07) is 7.66. The molecule has 2 aromatic rings. The fourth-order valence-electron chi connectivity index (χ4n) is 1.60. The quantitative estimate of drug-likeness (QED) is 0.845. The summed E-state index contributed by atoms with van der Waals surface area (Å²) in [5, 5.41) is 0.203. The van der Waals surface area contributed by atoms with Crippen LogP contribution in [0.25, 0.3) is 0 Å². The molecule has 0 saturated carbocycles. The van der Waals surface area contributed by atoms with Gasteiger partial charge in [0, 0.05) is 6.07 Å². The molecule has 0 aromatic heterocycles. The Hall–Kier alpha value is -1.99. The van der Waals surface area contributed by atoms with Crippen molar-refractivity contribution < 1.29 is 17.5 Å². The molecular weight excluding hydrogens is 319 g/mol. The van der Waals surface area contributed by atoms with Gasteiger partial charge in [-0.3, -0.25) is 4.72 Å². The van der Waals surface area contributed by atoms with Crippen LogP contribution in [-0.4, -0.2) is 15.5 Å². The smallest absolute Gasteiger partial charge is 0.262 e. The van der Waals surface area contributed by atoms with E-state index in [2.05, 4.69) is 4.72 Å². The Kier molecular flexibility index (Phi) is 4.24. The second-order valence-corrected chi connectivity index (χ2v) is 6.22. The molecule has 0 radical (unpaired) electrons. The summed E-state index contributed by atoms with van der Waals surface area (Å²) in [5.41, 5.74) is 5.27. The van der Waals surface area contributed by atoms with Crippen LogP contribution in [0.4, 0.5) is 15.8 Å². The summed E-state index contributed by atoms with van der Waals surface area (Å²) >= 11 is 5.94. The molecule has 8 heteroatoms. The number of hydrogen-bond acceptors (Lipinski definition) is 4. The highest BCUT2D eigenvalue weighted by atomic mass is 35.5. The Morgan fingerprint density at radius 2 is 1.95 bits per heavy atom. The summed E-state index contributed by atoms with van der Waals surface area (Å²) in [7, 11) is -2.49. The Morgan fingerprint density at radius 3 is 2.57 bits per heavy atom. The molecular formula is C13H12ClFN2O3S. The van der Waals surface area contributed by atoms with Gasteiger partial charge in [-0.1, -0.05) is 11.6 Å². The molecule has 2 aromatic carbocycles. The van der Waals surface area contributed by atoms with Crippen molar-refractivity contribution in [1.29, 1.82) is 0 Å². The lowest BCUT2D eigenvalue weighted by atomic mass is 10.3. The van der Waals surface area contributed by atoms with Crippen molar-refractivity contribution in [3.63, 3.8) is 0 Å². The summed E-state index contributed by atoms with van der Waals surface area (Å²) in [4.78, 5) is -0.166. The van der Waals surface area contributed by atoms with Crippen molar-refractivity contribution in [2.45, 2.75) is 4.90 Å². The first-order valence-electron chi connectivity index (χ1n) is 5.75. The minimum atomic E-state index is -3.94. The molecule has 5 nitrogen and oxygen atoms in total. The number of sulfonamides is 1. The molecule has 0 aliphatic rings. The third kappa shape index (κ3) is 3.37. The summed E-state index contributed by atoms with van der Waals surface area (Å²) in [5.74, 6) is -0.246. The van der Waals surface area contributed by atoms with E-state index in [1.54, 1.807) is 6.07 Å². The molecule has 0 atom stereocenters. The molecule has 0 heterocycles. The van der Waals surface area contributed by atoms with Crippen LogP contribution in [0.2, 0.25) is 5.02 Å². The lowest BCUT2D eigenvalue weighted by Gasteiger charge is -2.11. The van der Waals surface area contributed by atoms with Crippen LogP contribution >= 0.6 is 11.6 Å². The highest BCUT2D eigenvalue weighted by Crippen LogP contribution is 2.29. The molecule has 112 valence electrons. The average Bonchev–Trinajstić information content (AvgIpc) is 2.44. The van der Waals surface area contributed by atoms with Gasteiger partial charge in [0.05, 0.1) is 28.4 Å². The van der Waals surface area contributed by atoms with E-state index >= 15 is 0 Å². The van der Waals surface area contributed by atoms with Crippen LogP contribution in [0.1, 0.15) is 0 Å². The number of ether oxygens (including phenoxy) is 1. The number of nitrogens with two attached hydrogens (primary N) is 1. The van der Waals surface area contributed by atoms with Gasteiger partial charge in [-0.05, 0) is 30.3 Å². The van der Waals surface area contributed by atoms with Crippen LogP contribution in [0, 0.1) is 5.82 Å². The maximum absolute atomic E-state index is 13.1. The normalized spacial score (nSPS) is 11.2. The van der Waals surface area contributed by atoms with Crippen LogP contribution < -0.4 is 15.2 Å². The van der Waals surface area contributed by atoms with Crippen LogP contribution in [0.5, 0.6) is 5.75 Å². The standard InChI is InChI=1S/C13H12ClFN2O3S/c1-20-8-2-4-10(14)13(6-8)17-21(18,19)9-3-5-11(15)12(16)7-9/h2-7,17H,16H2,1H3. The monoisotopic (exact) mass is 330 g/mol. The fraction of sp³-hybridized carbons (Fsp3) is 0.0769. The number of benzene rings is 2. The largest absolute Gasteiger partial charge is 0.497 e. The van der Waals surface area contributed by atoms with Gasteiger partial charge in [0.15, 0.2) is 0 Å². The first-order chi connectivity index (χ1) is 9.83. The number of anilines is 2. The number of rotatable bonds is 4. The van der Waals surface area contributed by atoms with Crippen LogP contribution in [-0.2, 0) is 10.0 Å². The van der Waals surface area contributed by atoms with Gasteiger partial charge in [-0.25, -0.2) is 12.8 Å². The van der Waals surface area contributed by atoms with Gasteiger partial charge in [0.1, 0.15) is 11.6 Å². The number of halogens is 2. The third-order valence-electron chi connectivity index (χ3n) is 2.70. The minimum Gasteiger partial charge on any atom is -0.497 e. The van der Waals surface area contributed by atoms with Gasteiger partial charge in [-0.2, -0.15) is 0 Å². The highest BCUT2D eigenvalue weighted by Gasteiger charge is 2.17. The second-order valence-electron chi connectivity index (χ2n) is 4.13. The molecule has 0 fully saturated rings. The van der Waals surface area contributed by atoms with E-state index in [-0.39, 0.29) is 21.3 Å². The van der Waals surface area contributed by atoms with E-state index in [9.17, 15) is 12.8 Å². The van der Waals surface area contributed by atoms with Crippen molar-refractivity contribution in [3.8, 4) is 5.75 Å². The van der Waals surface area contributed by atoms with Crippen molar-refractivity contribution in [2.24, 2.45) is 0 Å². The van der Waals surface area contributed by atoms with Crippen LogP contribution in [0.15, 0.2) is 41.3 Å². The lowest BCUT2D eigenvalue weighted by molar-refractivity contribution is 0.415. The van der Waals surface area contributed by atoms with Crippen molar-refractivity contribution in [2.75, 3.05) is 17.6 Å². The van der Waals surface area contributed by atoms with E-state index in [1.807, 2.05) is 0 Å². The molecule has 0 bridgehead atoms. The predicted molar refractivity (Wildman–Crippen MR) is 79.6 cm³/mol. The fourth-order valence-corrected chi connectivity index (χ4v) is 2.93. The Bertz CT molecular complexity index is 781. The SMILES string of the molecule is COc1ccc(Cl)c(NS(=O)(=O)c2ccc(F)c(N)c2)c1. The molecule has 0 unspecified atom stereocenters. The zero-order valence-electron chi connectivity index (χ0n) is 10.9. The molecule has 2 rings (SSSR count). The molecule has 0 aliphatic heterocycles. The summed E-state index contributed by atoms with van der Waals surface area (Å²) in [6.45, 7) is 0. The van der Waals surface area contributed by atoms with Gasteiger partial charge in [0.25, 0.3) is 10.0 Å². The van der Waals surface area contributed by atoms with E-state index in [0.29, 0.717) is 5.75 Å². The summed E-state index contributed by atoms with van der Waals surface area (Å²) in [6.07, 6.45) is 0. The number of nitrogens with one attached hydrogen (secondary N) is 1. The molecule has 21 heavy (non-hydrogen) atoms. The van der Waals surface area contributed by atoms with Gasteiger partial charge in [0.2, 0.25) is 0 Å². The van der Waals surface area contributed by atoms with E-state index in [1.165, 1.54) is 19.2 Å². The average molecular weight is 331 g/mol. The number of nitrogen functional groups attached to an aromatic ring is 1. The Labute approximate surface area is 126 Å². The van der Waals surface area contributed by atoms with Crippen molar-refractivity contribution >= 4 is 33.0 Å². The Morgan fingerprint density at radius 1 is 1.24 bits per heavy atom. The van der Waals surface area contributed by atoms with E-state index < -0.39 is 15.8 Å². The topological polar surface area (TPSA) is 81.4 Å². The van der Waals surface area contributed by atoms with Gasteiger partial charge >= 0.3 is 0 Å². The number of hydrogen-bond donors (Lipinski definition) is 2. The third-order valence-corrected chi connectivity index (χ3v) is 4.39. The zero-order chi connectivity index (χ0) is 15.6. The van der Waals surface area contributed by atoms with Crippen molar-refractivity contribution in [3.05, 3.63) is 47.2 Å². The number of methoxy groups -OCH3 is 1. The van der Waals surface area contributed by atoms with E-state index in [0.717, 1.165) is 18.2 Å². The Balaban J connectivity index is 2.39. The lowest BCUT2D eigenvalue weighted by Crippen LogP contribution is -2.14. The highest BCUT2D eigenvalue weighted by molar-refractivity contribution is 7.92. The van der Waals surface area contributed by atoms with E-state index in [4.69, 9.17) is 22.1 Å². The minimum absolute atomic E-state index is 0.152. The van der Waals surface area contributed by atoms with Crippen molar-refractivity contribution in [1.82, 2.24) is 0 Å². The molecule has 0 saturated heterocycles. The molecule has 0 aliphatic carbocycles. The first kappa shape index (κ1) is 15.4.